The Kier molecular flexibility index (Phi) is 4.18. The van der Waals surface area contributed by atoms with Crippen LogP contribution in [0, 0.1) is 11.3 Å². The van der Waals surface area contributed by atoms with Gasteiger partial charge >= 0.3 is 0 Å². The Labute approximate surface area is 92.9 Å². The Hall–Kier alpha value is -0.790. The second kappa shape index (κ2) is 5.18. The molecule has 0 bridgehead atoms. The summed E-state index contributed by atoms with van der Waals surface area (Å²) in [4.78, 5) is 0. The van der Waals surface area contributed by atoms with Crippen LogP contribution in [0.1, 0.15) is 15.7 Å². The first kappa shape index (κ1) is 11.3. The lowest BCUT2D eigenvalue weighted by atomic mass is 10.1. The van der Waals surface area contributed by atoms with Crippen LogP contribution >= 0.6 is 23.5 Å². The summed E-state index contributed by atoms with van der Waals surface area (Å²) in [5, 5.41) is 8.78. The van der Waals surface area contributed by atoms with Crippen LogP contribution in [0.3, 0.4) is 0 Å². The molecule has 2 nitrogen and oxygen atoms in total. The number of nitrogens with two attached hydrogens (primary N) is 1. The molecule has 0 aromatic heterocycles. The van der Waals surface area contributed by atoms with Crippen molar-refractivity contribution >= 4 is 29.2 Å². The monoisotopic (exact) mass is 224 g/mol. The number of nitrogen functional groups attached to an aromatic ring is 1. The number of thioether (sulfide) groups is 2. The third kappa shape index (κ3) is 2.37. The van der Waals surface area contributed by atoms with Crippen LogP contribution in [-0.2, 0) is 0 Å². The fraction of sp³-hybridized carbons (Fsp3) is 0.300. The minimum absolute atomic E-state index is 0.309. The third-order valence-electron chi connectivity index (χ3n) is 1.90. The Morgan fingerprint density at radius 3 is 2.50 bits per heavy atom. The topological polar surface area (TPSA) is 49.8 Å². The molecular formula is C10H12N2S2. The zero-order chi connectivity index (χ0) is 10.6. The molecule has 0 saturated carbocycles. The number of anilines is 1. The van der Waals surface area contributed by atoms with E-state index in [1.165, 1.54) is 0 Å². The van der Waals surface area contributed by atoms with Crippen LogP contribution in [0.15, 0.2) is 18.2 Å². The SMILES string of the molecule is CSC(SC)c1cc(C#N)ccc1N. The normalized spacial score (nSPS) is 10.1. The van der Waals surface area contributed by atoms with Gasteiger partial charge in [0.15, 0.2) is 0 Å². The Morgan fingerprint density at radius 2 is 2.00 bits per heavy atom. The molecule has 0 unspecified atom stereocenters. The predicted octanol–water partition coefficient (Wildman–Crippen LogP) is 2.87. The molecule has 0 fully saturated rings. The van der Waals surface area contributed by atoms with E-state index in [9.17, 15) is 0 Å². The fourth-order valence-corrected chi connectivity index (χ4v) is 2.88. The molecule has 14 heavy (non-hydrogen) atoms. The van der Waals surface area contributed by atoms with E-state index < -0.39 is 0 Å². The standard InChI is InChI=1S/C10H12N2S2/c1-13-10(14-2)8-5-7(6-11)3-4-9(8)12/h3-5,10H,12H2,1-2H3. The molecule has 0 aliphatic heterocycles. The molecule has 0 heterocycles. The van der Waals surface area contributed by atoms with Crippen molar-refractivity contribution in [3.63, 3.8) is 0 Å². The van der Waals surface area contributed by atoms with Crippen molar-refractivity contribution in [2.45, 2.75) is 4.58 Å². The molecule has 0 amide bonds. The zero-order valence-electron chi connectivity index (χ0n) is 8.15. The Bertz CT molecular complexity index is 354. The third-order valence-corrected chi connectivity index (χ3v) is 4.42. The van der Waals surface area contributed by atoms with Gasteiger partial charge in [-0.1, -0.05) is 0 Å². The molecule has 0 aliphatic rings. The van der Waals surface area contributed by atoms with Crippen molar-refractivity contribution < 1.29 is 0 Å². The maximum atomic E-state index is 8.78. The van der Waals surface area contributed by atoms with Gasteiger partial charge in [-0.05, 0) is 36.3 Å². The van der Waals surface area contributed by atoms with Crippen molar-refractivity contribution in [2.75, 3.05) is 18.2 Å². The Morgan fingerprint density at radius 1 is 1.36 bits per heavy atom. The smallest absolute Gasteiger partial charge is 0.0991 e. The second-order valence-electron chi connectivity index (χ2n) is 2.76. The summed E-state index contributed by atoms with van der Waals surface area (Å²) in [6.45, 7) is 0. The van der Waals surface area contributed by atoms with Gasteiger partial charge in [-0.15, -0.1) is 23.5 Å². The minimum atomic E-state index is 0.309. The number of nitriles is 1. The first-order valence-electron chi connectivity index (χ1n) is 4.08. The van der Waals surface area contributed by atoms with Gasteiger partial charge in [0.2, 0.25) is 0 Å². The number of hydrogen-bond acceptors (Lipinski definition) is 4. The lowest BCUT2D eigenvalue weighted by Gasteiger charge is -2.14. The molecule has 4 heteroatoms. The maximum Gasteiger partial charge on any atom is 0.0991 e. The van der Waals surface area contributed by atoms with E-state index in [-0.39, 0.29) is 0 Å². The summed E-state index contributed by atoms with van der Waals surface area (Å²) in [6.07, 6.45) is 4.08. The lowest BCUT2D eigenvalue weighted by molar-refractivity contribution is 1.36. The van der Waals surface area contributed by atoms with E-state index in [1.807, 2.05) is 18.6 Å². The van der Waals surface area contributed by atoms with Gasteiger partial charge in [0.25, 0.3) is 0 Å². The van der Waals surface area contributed by atoms with Gasteiger partial charge in [-0.3, -0.25) is 0 Å². The van der Waals surface area contributed by atoms with Gasteiger partial charge in [0.05, 0.1) is 16.2 Å². The highest BCUT2D eigenvalue weighted by atomic mass is 32.2. The molecule has 1 aromatic carbocycles. The molecule has 0 spiro atoms. The van der Waals surface area contributed by atoms with Gasteiger partial charge in [-0.2, -0.15) is 5.26 Å². The molecule has 74 valence electrons. The first-order chi connectivity index (χ1) is 6.72. The highest BCUT2D eigenvalue weighted by Crippen LogP contribution is 2.39. The summed E-state index contributed by atoms with van der Waals surface area (Å²) in [5.41, 5.74) is 8.34. The molecule has 0 aliphatic carbocycles. The van der Waals surface area contributed by atoms with E-state index >= 15 is 0 Å². The van der Waals surface area contributed by atoms with Crippen LogP contribution in [0.4, 0.5) is 5.69 Å². The van der Waals surface area contributed by atoms with Crippen molar-refractivity contribution in [3.05, 3.63) is 29.3 Å². The van der Waals surface area contributed by atoms with Crippen LogP contribution in [0.2, 0.25) is 0 Å². The number of hydrogen-bond donors (Lipinski definition) is 1. The average molecular weight is 224 g/mol. The summed E-state index contributed by atoms with van der Waals surface area (Å²) in [7, 11) is 0. The molecule has 0 atom stereocenters. The zero-order valence-corrected chi connectivity index (χ0v) is 9.78. The average Bonchev–Trinajstić information content (AvgIpc) is 2.22. The van der Waals surface area contributed by atoms with E-state index in [0.717, 1.165) is 11.3 Å². The van der Waals surface area contributed by atoms with Gasteiger partial charge < -0.3 is 5.73 Å². The largest absolute Gasteiger partial charge is 0.398 e. The van der Waals surface area contributed by atoms with E-state index in [0.29, 0.717) is 10.1 Å². The van der Waals surface area contributed by atoms with Crippen molar-refractivity contribution in [3.8, 4) is 6.07 Å². The van der Waals surface area contributed by atoms with Crippen LogP contribution in [0.5, 0.6) is 0 Å². The first-order valence-corrected chi connectivity index (χ1v) is 6.65. The van der Waals surface area contributed by atoms with Crippen LogP contribution in [0.25, 0.3) is 0 Å². The molecule has 1 rings (SSSR count). The van der Waals surface area contributed by atoms with E-state index in [4.69, 9.17) is 11.0 Å². The highest BCUT2D eigenvalue weighted by Gasteiger charge is 2.12. The van der Waals surface area contributed by atoms with Crippen molar-refractivity contribution in [1.29, 1.82) is 5.26 Å². The molecular weight excluding hydrogens is 212 g/mol. The Balaban J connectivity index is 3.12. The quantitative estimate of drug-likeness (QED) is 0.633. The highest BCUT2D eigenvalue weighted by molar-refractivity contribution is 8.15. The van der Waals surface area contributed by atoms with Crippen LogP contribution in [-0.4, -0.2) is 12.5 Å². The minimum Gasteiger partial charge on any atom is -0.398 e. The number of benzene rings is 1. The molecule has 0 saturated heterocycles. The van der Waals surface area contributed by atoms with E-state index in [1.54, 1.807) is 35.7 Å². The van der Waals surface area contributed by atoms with Gasteiger partial charge in [0, 0.05) is 5.69 Å². The van der Waals surface area contributed by atoms with E-state index in [2.05, 4.69) is 6.07 Å². The summed E-state index contributed by atoms with van der Waals surface area (Å²) < 4.78 is 0.309. The van der Waals surface area contributed by atoms with Crippen LogP contribution < -0.4 is 5.73 Å². The fourth-order valence-electron chi connectivity index (χ4n) is 1.20. The molecule has 1 aromatic rings. The lowest BCUT2D eigenvalue weighted by Crippen LogP contribution is -1.97. The number of nitrogens with zero attached hydrogens (tertiary/aromatic N) is 1. The summed E-state index contributed by atoms with van der Waals surface area (Å²) >= 11 is 3.46. The van der Waals surface area contributed by atoms with Crippen molar-refractivity contribution in [1.82, 2.24) is 0 Å². The van der Waals surface area contributed by atoms with Crippen molar-refractivity contribution in [2.24, 2.45) is 0 Å². The molecule has 0 radical (unpaired) electrons. The van der Waals surface area contributed by atoms with Gasteiger partial charge in [-0.25, -0.2) is 0 Å². The summed E-state index contributed by atoms with van der Waals surface area (Å²) in [5.74, 6) is 0. The second-order valence-corrected chi connectivity index (χ2v) is 4.94. The maximum absolute atomic E-state index is 8.78. The predicted molar refractivity (Wildman–Crippen MR) is 65.3 cm³/mol. The number of rotatable bonds is 3. The summed E-state index contributed by atoms with van der Waals surface area (Å²) in [6, 6.07) is 7.54. The van der Waals surface area contributed by atoms with Gasteiger partial charge in [0.1, 0.15) is 0 Å². The molecule has 2 N–H and O–H groups in total.